The first-order valence-electron chi connectivity index (χ1n) is 23.3. The molecule has 0 aromatic heterocycles. The fraction of sp³-hybridized carbons (Fsp3) is 0.0149. The minimum Gasteiger partial charge on any atom is -0.345 e. The maximum absolute atomic E-state index is 2.29. The third-order valence-corrected chi connectivity index (χ3v) is 12.6. The van der Waals surface area contributed by atoms with Crippen LogP contribution in [-0.2, 0) is 0 Å². The van der Waals surface area contributed by atoms with Crippen LogP contribution in [0.2, 0.25) is 0 Å². The van der Waals surface area contributed by atoms with Gasteiger partial charge in [-0.3, -0.25) is 0 Å². The lowest BCUT2D eigenvalue weighted by molar-refractivity contribution is 1.21. The Morgan fingerprint density at radius 3 is 0.529 bits per heavy atom. The Morgan fingerprint density at radius 2 is 0.324 bits per heavy atom. The summed E-state index contributed by atoms with van der Waals surface area (Å²) >= 11 is 0. The average Bonchev–Trinajstić information content (AvgIpc) is 3.44. The van der Waals surface area contributed by atoms with Crippen LogP contribution in [0.1, 0.15) is 0 Å². The molecule has 68 heavy (non-hydrogen) atoms. The fourth-order valence-corrected chi connectivity index (χ4v) is 8.82. The van der Waals surface area contributed by atoms with Gasteiger partial charge in [-0.05, 0) is 144 Å². The molecule has 0 aliphatic heterocycles. The Labute approximate surface area is 401 Å². The van der Waals surface area contributed by atoms with Crippen LogP contribution < -0.4 is 4.90 Å². The third kappa shape index (κ3) is 10.2. The van der Waals surface area contributed by atoms with Gasteiger partial charge in [0, 0.05) is 18.4 Å². The summed E-state index contributed by atoms with van der Waals surface area (Å²) in [7, 11) is 2.13. The summed E-state index contributed by atoms with van der Waals surface area (Å²) in [4.78, 5) is 2.24. The zero-order chi connectivity index (χ0) is 45.9. The van der Waals surface area contributed by atoms with Crippen molar-refractivity contribution in [3.63, 3.8) is 0 Å². The molecule has 0 saturated heterocycles. The molecule has 11 aromatic rings. The molecule has 0 N–H and O–H groups in total. The molecule has 0 atom stereocenters. The molecular weight excluding hydrogens is 819 g/mol. The van der Waals surface area contributed by atoms with Gasteiger partial charge in [-0.2, -0.15) is 0 Å². The Morgan fingerprint density at radius 1 is 0.162 bits per heavy atom. The second-order valence-electron chi connectivity index (χ2n) is 17.0. The molecule has 0 amide bonds. The van der Waals surface area contributed by atoms with Gasteiger partial charge < -0.3 is 4.90 Å². The van der Waals surface area contributed by atoms with E-state index in [2.05, 4.69) is 303 Å². The standard InChI is InChI=1S/C43H33N.C24H18/c1-44(42-25-21-34(22-26-42)38-17-8-15-36(29-38)32-11-4-2-5-12-32)43-27-23-35(24-28-43)39-18-10-20-41(31-39)40-19-9-16-37(30-40)33-13-6-3-7-14-33;1-3-9-19(10-4-1)21-13-7-15-23(17-21)24-16-8-14-22(18-24)20-11-5-2-6-12-20/h2-31H,1H3;1-18H. The van der Waals surface area contributed by atoms with Crippen LogP contribution in [0.5, 0.6) is 0 Å². The third-order valence-electron chi connectivity index (χ3n) is 12.6. The van der Waals surface area contributed by atoms with Crippen molar-refractivity contribution in [3.05, 3.63) is 291 Å². The van der Waals surface area contributed by atoms with Crippen LogP contribution in [-0.4, -0.2) is 7.05 Å². The van der Waals surface area contributed by atoms with Crippen LogP contribution in [0, 0.1) is 0 Å². The van der Waals surface area contributed by atoms with Gasteiger partial charge >= 0.3 is 0 Å². The van der Waals surface area contributed by atoms with E-state index >= 15 is 0 Å². The predicted octanol–water partition coefficient (Wildman–Crippen LogP) is 18.5. The van der Waals surface area contributed by atoms with Gasteiger partial charge in [-0.25, -0.2) is 0 Å². The van der Waals surface area contributed by atoms with E-state index in [9.17, 15) is 0 Å². The molecule has 0 bridgehead atoms. The van der Waals surface area contributed by atoms with Crippen molar-refractivity contribution in [1.82, 2.24) is 0 Å². The Balaban J connectivity index is 0.000000189. The molecule has 0 aliphatic rings. The van der Waals surface area contributed by atoms with Gasteiger partial charge in [-0.1, -0.05) is 237 Å². The lowest BCUT2D eigenvalue weighted by Gasteiger charge is -2.20. The molecule has 0 fully saturated rings. The highest BCUT2D eigenvalue weighted by Gasteiger charge is 2.09. The van der Waals surface area contributed by atoms with Crippen molar-refractivity contribution in [2.24, 2.45) is 0 Å². The van der Waals surface area contributed by atoms with E-state index in [-0.39, 0.29) is 0 Å². The monoisotopic (exact) mass is 869 g/mol. The van der Waals surface area contributed by atoms with Crippen LogP contribution >= 0.6 is 0 Å². The summed E-state index contributed by atoms with van der Waals surface area (Å²) in [6, 6.07) is 104. The van der Waals surface area contributed by atoms with E-state index in [0.29, 0.717) is 0 Å². The Kier molecular flexibility index (Phi) is 13.1. The molecular formula is C67H51N. The van der Waals surface area contributed by atoms with Gasteiger partial charge in [0.05, 0.1) is 0 Å². The second-order valence-corrected chi connectivity index (χ2v) is 17.0. The van der Waals surface area contributed by atoms with Crippen molar-refractivity contribution in [1.29, 1.82) is 0 Å². The van der Waals surface area contributed by atoms with Gasteiger partial charge in [-0.15, -0.1) is 0 Å². The highest BCUT2D eigenvalue weighted by atomic mass is 15.1. The summed E-state index contributed by atoms with van der Waals surface area (Å²) in [6.07, 6.45) is 0. The smallest absolute Gasteiger partial charge is 0.0408 e. The van der Waals surface area contributed by atoms with Gasteiger partial charge in [0.1, 0.15) is 0 Å². The number of benzene rings is 11. The molecule has 0 heterocycles. The summed E-state index contributed by atoms with van der Waals surface area (Å²) in [5.41, 5.74) is 22.0. The number of nitrogens with zero attached hydrogens (tertiary/aromatic N) is 1. The molecule has 11 rings (SSSR count). The first kappa shape index (κ1) is 43.1. The highest BCUT2D eigenvalue weighted by Crippen LogP contribution is 2.34. The van der Waals surface area contributed by atoms with Crippen LogP contribution in [0.3, 0.4) is 0 Å². The molecule has 0 unspecified atom stereocenters. The minimum absolute atomic E-state index is 1.15. The van der Waals surface area contributed by atoms with Crippen molar-refractivity contribution in [3.8, 4) is 89.0 Å². The largest absolute Gasteiger partial charge is 0.345 e. The lowest BCUT2D eigenvalue weighted by Crippen LogP contribution is -2.08. The first-order valence-corrected chi connectivity index (χ1v) is 23.3. The summed E-state index contributed by atoms with van der Waals surface area (Å²) in [6.45, 7) is 0. The van der Waals surface area contributed by atoms with Gasteiger partial charge in [0.15, 0.2) is 0 Å². The topological polar surface area (TPSA) is 3.24 Å². The number of anilines is 2. The van der Waals surface area contributed by atoms with Crippen LogP contribution in [0.15, 0.2) is 291 Å². The second kappa shape index (κ2) is 20.6. The number of hydrogen-bond acceptors (Lipinski definition) is 1. The number of rotatable bonds is 10. The fourth-order valence-electron chi connectivity index (χ4n) is 8.82. The van der Waals surface area contributed by atoms with E-state index in [1.54, 1.807) is 0 Å². The maximum Gasteiger partial charge on any atom is 0.0408 e. The normalized spacial score (nSPS) is 10.7. The Hall–Kier alpha value is -8.78. The maximum atomic E-state index is 2.29. The van der Waals surface area contributed by atoms with E-state index in [1.807, 2.05) is 0 Å². The van der Waals surface area contributed by atoms with E-state index in [0.717, 1.165) is 11.4 Å². The molecule has 0 radical (unpaired) electrons. The molecule has 11 aromatic carbocycles. The minimum atomic E-state index is 1.15. The van der Waals surface area contributed by atoms with Crippen LogP contribution in [0.25, 0.3) is 89.0 Å². The molecule has 1 heteroatoms. The zero-order valence-electron chi connectivity index (χ0n) is 38.2. The van der Waals surface area contributed by atoms with Crippen molar-refractivity contribution < 1.29 is 0 Å². The predicted molar refractivity (Wildman–Crippen MR) is 291 cm³/mol. The summed E-state index contributed by atoms with van der Waals surface area (Å²) in [5.74, 6) is 0. The average molecular weight is 870 g/mol. The quantitative estimate of drug-likeness (QED) is 0.132. The molecule has 0 aliphatic carbocycles. The van der Waals surface area contributed by atoms with Gasteiger partial charge in [0.25, 0.3) is 0 Å². The van der Waals surface area contributed by atoms with Crippen molar-refractivity contribution >= 4 is 11.4 Å². The molecule has 0 saturated carbocycles. The van der Waals surface area contributed by atoms with E-state index in [1.165, 1.54) is 89.0 Å². The summed E-state index contributed by atoms with van der Waals surface area (Å²) < 4.78 is 0. The highest BCUT2D eigenvalue weighted by molar-refractivity contribution is 5.80. The first-order chi connectivity index (χ1) is 33.6. The molecule has 324 valence electrons. The molecule has 1 nitrogen and oxygen atoms in total. The van der Waals surface area contributed by atoms with Gasteiger partial charge in [0.2, 0.25) is 0 Å². The summed E-state index contributed by atoms with van der Waals surface area (Å²) in [5, 5.41) is 0. The van der Waals surface area contributed by atoms with E-state index < -0.39 is 0 Å². The Bertz CT molecular complexity index is 3280. The van der Waals surface area contributed by atoms with E-state index in [4.69, 9.17) is 0 Å². The molecule has 0 spiro atoms. The van der Waals surface area contributed by atoms with Crippen LogP contribution in [0.4, 0.5) is 11.4 Å². The number of hydrogen-bond donors (Lipinski definition) is 0. The SMILES string of the molecule is CN(c1ccc(-c2cccc(-c3ccccc3)c2)cc1)c1ccc(-c2cccc(-c3cccc(-c4ccccc4)c3)c2)cc1.c1ccc(-c2cccc(-c3cccc(-c4ccccc4)c3)c2)cc1. The lowest BCUT2D eigenvalue weighted by atomic mass is 9.96. The van der Waals surface area contributed by atoms with Crippen molar-refractivity contribution in [2.75, 3.05) is 11.9 Å². The zero-order valence-corrected chi connectivity index (χ0v) is 38.2. The van der Waals surface area contributed by atoms with Crippen molar-refractivity contribution in [2.45, 2.75) is 0 Å².